The number of hydrogen-bond donors (Lipinski definition) is 1. The van der Waals surface area contributed by atoms with E-state index in [9.17, 15) is 13.2 Å². The molecule has 0 spiro atoms. The third kappa shape index (κ3) is 6.28. The molecule has 0 saturated carbocycles. The zero-order valence-electron chi connectivity index (χ0n) is 20.7. The number of primary sulfonamides is 1. The highest BCUT2D eigenvalue weighted by Gasteiger charge is 2.22. The van der Waals surface area contributed by atoms with Gasteiger partial charge in [0.05, 0.1) is 21.7 Å². The van der Waals surface area contributed by atoms with Gasteiger partial charge in [-0.05, 0) is 50.7 Å². The van der Waals surface area contributed by atoms with Crippen molar-refractivity contribution in [3.8, 4) is 17.0 Å². The fraction of sp³-hybridized carbons (Fsp3) is 0.400. The number of likely N-dealkylation sites (N-methyl/N-ethyl adjacent to an activating group) is 1. The van der Waals surface area contributed by atoms with Gasteiger partial charge in [-0.25, -0.2) is 18.5 Å². The van der Waals surface area contributed by atoms with E-state index in [2.05, 4.69) is 16.8 Å². The number of ether oxygens (including phenoxy) is 1. The van der Waals surface area contributed by atoms with E-state index in [1.54, 1.807) is 18.3 Å². The Morgan fingerprint density at radius 3 is 2.53 bits per heavy atom. The quantitative estimate of drug-likeness (QED) is 0.476. The Morgan fingerprint density at radius 2 is 1.92 bits per heavy atom. The summed E-state index contributed by atoms with van der Waals surface area (Å²) in [6, 6.07) is 8.22. The van der Waals surface area contributed by atoms with Crippen molar-refractivity contribution in [1.29, 1.82) is 0 Å². The maximum absolute atomic E-state index is 12.8. The van der Waals surface area contributed by atoms with E-state index in [0.29, 0.717) is 36.5 Å². The van der Waals surface area contributed by atoms with Crippen LogP contribution in [0.25, 0.3) is 11.3 Å². The van der Waals surface area contributed by atoms with Gasteiger partial charge in [0.25, 0.3) is 5.91 Å². The third-order valence-electron chi connectivity index (χ3n) is 6.00. The fourth-order valence-electron chi connectivity index (χ4n) is 4.03. The standard InChI is InChI=1S/C25H31N5O4S2/c1-4-29-9-11-30(12-10-29)25(31)21-7-5-18(15-27-21)22-16-35-24(28-22)14-19-13-20(36(26,32)33)6-8-23(19)34-17(2)3/h5-8,13,15-17H,4,9-12,14H2,1-3H3,(H2,26,32,33). The highest BCUT2D eigenvalue weighted by molar-refractivity contribution is 7.89. The third-order valence-corrected chi connectivity index (χ3v) is 7.76. The molecule has 11 heteroatoms. The molecule has 2 N–H and O–H groups in total. The van der Waals surface area contributed by atoms with Crippen LogP contribution in [0.15, 0.2) is 46.8 Å². The SMILES string of the molecule is CCN1CCN(C(=O)c2ccc(-c3csc(Cc4cc(S(N)(=O)=O)ccc4OC(C)C)n3)cn2)CC1. The van der Waals surface area contributed by atoms with Gasteiger partial charge in [0, 0.05) is 55.3 Å². The first-order valence-corrected chi connectivity index (χ1v) is 14.3. The van der Waals surface area contributed by atoms with Crippen LogP contribution in [0, 0.1) is 0 Å². The van der Waals surface area contributed by atoms with Crippen molar-refractivity contribution in [2.75, 3.05) is 32.7 Å². The van der Waals surface area contributed by atoms with Gasteiger partial charge in [-0.1, -0.05) is 6.92 Å². The number of benzene rings is 1. The maximum atomic E-state index is 12.8. The lowest BCUT2D eigenvalue weighted by Crippen LogP contribution is -2.48. The first-order valence-electron chi connectivity index (χ1n) is 11.9. The van der Waals surface area contributed by atoms with Crippen molar-refractivity contribution in [3.63, 3.8) is 0 Å². The number of carbonyl (C=O) groups is 1. The Kier molecular flexibility index (Phi) is 8.04. The lowest BCUT2D eigenvalue weighted by molar-refractivity contribution is 0.0637. The van der Waals surface area contributed by atoms with E-state index in [1.165, 1.54) is 23.5 Å². The molecule has 1 aliphatic rings. The molecule has 0 radical (unpaired) electrons. The summed E-state index contributed by atoms with van der Waals surface area (Å²) in [6.07, 6.45) is 1.99. The van der Waals surface area contributed by atoms with Gasteiger partial charge in [-0.3, -0.25) is 9.78 Å². The van der Waals surface area contributed by atoms with Crippen LogP contribution in [0.4, 0.5) is 0 Å². The molecule has 1 amide bonds. The lowest BCUT2D eigenvalue weighted by atomic mass is 10.1. The maximum Gasteiger partial charge on any atom is 0.272 e. The number of thiazole rings is 1. The summed E-state index contributed by atoms with van der Waals surface area (Å²) in [5.74, 6) is 0.544. The van der Waals surface area contributed by atoms with Crippen LogP contribution in [0.1, 0.15) is 41.8 Å². The first kappa shape index (κ1) is 26.2. The van der Waals surface area contributed by atoms with Crippen LogP contribution in [0.5, 0.6) is 5.75 Å². The van der Waals surface area contributed by atoms with Crippen molar-refractivity contribution >= 4 is 27.3 Å². The van der Waals surface area contributed by atoms with Crippen LogP contribution < -0.4 is 9.88 Å². The predicted molar refractivity (Wildman–Crippen MR) is 140 cm³/mol. The number of rotatable bonds is 8. The normalized spacial score (nSPS) is 14.9. The molecule has 0 atom stereocenters. The van der Waals surface area contributed by atoms with Crippen molar-refractivity contribution in [2.24, 2.45) is 5.14 Å². The Labute approximate surface area is 216 Å². The van der Waals surface area contributed by atoms with Crippen LogP contribution in [-0.2, 0) is 16.4 Å². The van der Waals surface area contributed by atoms with Gasteiger partial charge in [0.15, 0.2) is 0 Å². The molecule has 9 nitrogen and oxygen atoms in total. The fourth-order valence-corrected chi connectivity index (χ4v) is 5.42. The molecular weight excluding hydrogens is 498 g/mol. The van der Waals surface area contributed by atoms with Gasteiger partial charge in [0.2, 0.25) is 10.0 Å². The minimum Gasteiger partial charge on any atom is -0.491 e. The average molecular weight is 530 g/mol. The zero-order valence-corrected chi connectivity index (χ0v) is 22.3. The summed E-state index contributed by atoms with van der Waals surface area (Å²) in [4.78, 5) is 26.1. The summed E-state index contributed by atoms with van der Waals surface area (Å²) in [7, 11) is -3.84. The van der Waals surface area contributed by atoms with E-state index in [1.807, 2.05) is 30.2 Å². The van der Waals surface area contributed by atoms with Crippen LogP contribution in [-0.4, -0.2) is 72.9 Å². The Morgan fingerprint density at radius 1 is 1.17 bits per heavy atom. The highest BCUT2D eigenvalue weighted by Crippen LogP contribution is 2.29. The second kappa shape index (κ2) is 11.0. The van der Waals surface area contributed by atoms with E-state index in [4.69, 9.17) is 14.9 Å². The van der Waals surface area contributed by atoms with Gasteiger partial charge in [-0.2, -0.15) is 0 Å². The van der Waals surface area contributed by atoms with E-state index >= 15 is 0 Å². The number of amides is 1. The minimum absolute atomic E-state index is 0.0333. The number of piperazine rings is 1. The molecule has 0 bridgehead atoms. The van der Waals surface area contributed by atoms with Crippen molar-refractivity contribution in [2.45, 2.75) is 38.2 Å². The molecule has 0 unspecified atom stereocenters. The molecule has 36 heavy (non-hydrogen) atoms. The molecule has 1 fully saturated rings. The molecule has 0 aliphatic carbocycles. The monoisotopic (exact) mass is 529 g/mol. The molecule has 1 aliphatic heterocycles. The number of aromatic nitrogens is 2. The first-order chi connectivity index (χ1) is 17.1. The van der Waals surface area contributed by atoms with Gasteiger partial charge < -0.3 is 14.5 Å². The van der Waals surface area contributed by atoms with Gasteiger partial charge in [-0.15, -0.1) is 11.3 Å². The van der Waals surface area contributed by atoms with E-state index in [-0.39, 0.29) is 16.9 Å². The van der Waals surface area contributed by atoms with Crippen LogP contribution >= 0.6 is 11.3 Å². The van der Waals surface area contributed by atoms with Crippen LogP contribution in [0.2, 0.25) is 0 Å². The Hall–Kier alpha value is -2.86. The summed E-state index contributed by atoms with van der Waals surface area (Å²) in [6.45, 7) is 10.1. The molecule has 3 aromatic rings. The Bertz CT molecular complexity index is 1310. The molecule has 192 valence electrons. The van der Waals surface area contributed by atoms with Crippen molar-refractivity contribution in [1.82, 2.24) is 19.8 Å². The van der Waals surface area contributed by atoms with E-state index in [0.717, 1.165) is 35.9 Å². The summed E-state index contributed by atoms with van der Waals surface area (Å²) in [5, 5.41) is 8.04. The summed E-state index contributed by atoms with van der Waals surface area (Å²) < 4.78 is 29.6. The van der Waals surface area contributed by atoms with Crippen LogP contribution in [0.3, 0.4) is 0 Å². The van der Waals surface area contributed by atoms with Gasteiger partial charge >= 0.3 is 0 Å². The van der Waals surface area contributed by atoms with Gasteiger partial charge in [0.1, 0.15) is 11.4 Å². The lowest BCUT2D eigenvalue weighted by Gasteiger charge is -2.33. The second-order valence-electron chi connectivity index (χ2n) is 8.94. The average Bonchev–Trinajstić information content (AvgIpc) is 3.32. The topological polar surface area (TPSA) is 119 Å². The molecule has 3 heterocycles. The molecular formula is C25H31N5O4S2. The zero-order chi connectivity index (χ0) is 25.9. The smallest absolute Gasteiger partial charge is 0.272 e. The minimum atomic E-state index is -3.84. The summed E-state index contributed by atoms with van der Waals surface area (Å²) >= 11 is 1.46. The molecule has 2 aromatic heterocycles. The molecule has 4 rings (SSSR count). The number of nitrogens with zero attached hydrogens (tertiary/aromatic N) is 4. The molecule has 1 saturated heterocycles. The van der Waals surface area contributed by atoms with E-state index < -0.39 is 10.0 Å². The number of nitrogens with two attached hydrogens (primary N) is 1. The number of pyridine rings is 1. The largest absolute Gasteiger partial charge is 0.491 e. The van der Waals surface area contributed by atoms with Crippen molar-refractivity contribution < 1.29 is 17.9 Å². The van der Waals surface area contributed by atoms with Crippen molar-refractivity contribution in [3.05, 3.63) is 58.2 Å². The molecule has 1 aromatic carbocycles. The predicted octanol–water partition coefficient (Wildman–Crippen LogP) is 3.01. The highest BCUT2D eigenvalue weighted by atomic mass is 32.2. The number of carbonyl (C=O) groups excluding carboxylic acids is 1. The second-order valence-corrected chi connectivity index (χ2v) is 11.4. The Balaban J connectivity index is 1.49. The summed E-state index contributed by atoms with van der Waals surface area (Å²) in [5.41, 5.74) is 2.67. The number of sulfonamides is 1. The number of hydrogen-bond acceptors (Lipinski definition) is 8.